The van der Waals surface area contributed by atoms with E-state index in [-0.39, 0.29) is 11.8 Å². The van der Waals surface area contributed by atoms with Crippen LogP contribution in [0, 0.1) is 29.6 Å². The summed E-state index contributed by atoms with van der Waals surface area (Å²) in [6.07, 6.45) is 10.1. The van der Waals surface area contributed by atoms with Crippen molar-refractivity contribution < 1.29 is 4.79 Å². The Balaban J connectivity index is 2.07. The fourth-order valence-electron chi connectivity index (χ4n) is 3.33. The fraction of sp³-hybridized carbons (Fsp3) is 0.583. The van der Waals surface area contributed by atoms with E-state index in [0.717, 1.165) is 5.92 Å². The molecule has 2 bridgehead atoms. The second kappa shape index (κ2) is 2.34. The summed E-state index contributed by atoms with van der Waals surface area (Å²) in [5.74, 6) is 2.76. The number of allylic oxidation sites excluding steroid dienone is 4. The van der Waals surface area contributed by atoms with Crippen LogP contribution in [0.1, 0.15) is 13.3 Å². The maximum Gasteiger partial charge on any atom is 0.143 e. The maximum absolute atomic E-state index is 11.8. The van der Waals surface area contributed by atoms with E-state index in [4.69, 9.17) is 0 Å². The highest BCUT2D eigenvalue weighted by molar-refractivity contribution is 5.88. The summed E-state index contributed by atoms with van der Waals surface area (Å²) in [7, 11) is 0. The maximum atomic E-state index is 11.8. The van der Waals surface area contributed by atoms with Crippen molar-refractivity contribution in [2.75, 3.05) is 0 Å². The normalized spacial score (nSPS) is 51.5. The average molecular weight is 174 g/mol. The van der Waals surface area contributed by atoms with Crippen molar-refractivity contribution in [3.63, 3.8) is 0 Å². The monoisotopic (exact) mass is 174 g/mol. The van der Waals surface area contributed by atoms with E-state index in [0.29, 0.717) is 17.6 Å². The van der Waals surface area contributed by atoms with Crippen molar-refractivity contribution >= 4 is 5.78 Å². The van der Waals surface area contributed by atoms with Crippen molar-refractivity contribution in [1.29, 1.82) is 0 Å². The van der Waals surface area contributed by atoms with Gasteiger partial charge < -0.3 is 0 Å². The van der Waals surface area contributed by atoms with E-state index in [1.807, 2.05) is 0 Å². The van der Waals surface area contributed by atoms with Crippen LogP contribution in [0.15, 0.2) is 24.3 Å². The largest absolute Gasteiger partial charge is 0.299 e. The Kier molecular flexibility index (Phi) is 1.36. The van der Waals surface area contributed by atoms with Crippen molar-refractivity contribution in [2.24, 2.45) is 29.6 Å². The Hall–Kier alpha value is -0.850. The first-order valence-corrected chi connectivity index (χ1v) is 5.18. The molecule has 1 nitrogen and oxygen atoms in total. The van der Waals surface area contributed by atoms with Crippen LogP contribution in [-0.4, -0.2) is 5.78 Å². The van der Waals surface area contributed by atoms with Crippen LogP contribution < -0.4 is 0 Å². The minimum absolute atomic E-state index is 0.212. The second-order valence-corrected chi connectivity index (χ2v) is 4.58. The summed E-state index contributed by atoms with van der Waals surface area (Å²) < 4.78 is 0. The number of carbonyl (C=O) groups is 1. The van der Waals surface area contributed by atoms with Crippen LogP contribution in [-0.2, 0) is 4.79 Å². The van der Waals surface area contributed by atoms with E-state index in [1.54, 1.807) is 0 Å². The molecule has 5 unspecified atom stereocenters. The van der Waals surface area contributed by atoms with Gasteiger partial charge in [0.25, 0.3) is 0 Å². The quantitative estimate of drug-likeness (QED) is 0.514. The van der Waals surface area contributed by atoms with Gasteiger partial charge in [-0.05, 0) is 24.2 Å². The lowest BCUT2D eigenvalue weighted by molar-refractivity contribution is -0.132. The number of hydrogen-bond acceptors (Lipinski definition) is 1. The lowest BCUT2D eigenvalue weighted by atomic mass is 9.59. The highest BCUT2D eigenvalue weighted by atomic mass is 16.1. The highest BCUT2D eigenvalue weighted by Gasteiger charge is 2.49. The molecule has 13 heavy (non-hydrogen) atoms. The van der Waals surface area contributed by atoms with Gasteiger partial charge >= 0.3 is 0 Å². The van der Waals surface area contributed by atoms with E-state index in [9.17, 15) is 4.79 Å². The van der Waals surface area contributed by atoms with Gasteiger partial charge in [-0.15, -0.1) is 0 Å². The topological polar surface area (TPSA) is 17.1 Å². The lowest BCUT2D eigenvalue weighted by Gasteiger charge is -2.44. The molecule has 4 aliphatic carbocycles. The Morgan fingerprint density at radius 3 is 2.92 bits per heavy atom. The minimum Gasteiger partial charge on any atom is -0.299 e. The van der Waals surface area contributed by atoms with E-state index < -0.39 is 0 Å². The molecule has 0 spiro atoms. The molecule has 68 valence electrons. The predicted octanol–water partition coefficient (Wildman–Crippen LogP) is 2.20. The number of fused-ring (bicyclic) bond motifs is 1. The molecule has 0 saturated heterocycles. The average Bonchev–Trinajstić information content (AvgIpc) is 2.61. The minimum atomic E-state index is 0.212. The Bertz CT molecular complexity index is 313. The first-order chi connectivity index (χ1) is 6.29. The van der Waals surface area contributed by atoms with E-state index in [1.165, 1.54) is 6.42 Å². The van der Waals surface area contributed by atoms with E-state index >= 15 is 0 Å². The summed E-state index contributed by atoms with van der Waals surface area (Å²) >= 11 is 0. The van der Waals surface area contributed by atoms with Crippen molar-refractivity contribution in [2.45, 2.75) is 13.3 Å². The lowest BCUT2D eigenvalue weighted by Crippen LogP contribution is -2.45. The van der Waals surface area contributed by atoms with Gasteiger partial charge in [-0.25, -0.2) is 0 Å². The molecule has 0 aliphatic heterocycles. The predicted molar refractivity (Wildman–Crippen MR) is 51.0 cm³/mol. The number of carbonyl (C=O) groups excluding carboxylic acids is 1. The van der Waals surface area contributed by atoms with Gasteiger partial charge in [-0.3, -0.25) is 4.79 Å². The van der Waals surface area contributed by atoms with Crippen LogP contribution in [0.3, 0.4) is 0 Å². The standard InChI is InChI=1S/C12H14O/c1-7-8-5-6-11(12(7)13)10-4-2-3-9(8)10/h2,4-11H,3H2,1H3. The molecule has 1 heteroatoms. The molecule has 0 aromatic rings. The molecule has 0 aromatic carbocycles. The summed E-state index contributed by atoms with van der Waals surface area (Å²) in [4.78, 5) is 11.8. The summed E-state index contributed by atoms with van der Waals surface area (Å²) in [6.45, 7) is 2.10. The summed E-state index contributed by atoms with van der Waals surface area (Å²) in [5, 5.41) is 0. The third-order valence-electron chi connectivity index (χ3n) is 4.07. The number of Topliss-reactive ketones (excluding diaryl/α,β-unsaturated/α-hetero) is 1. The Labute approximate surface area is 78.5 Å². The summed E-state index contributed by atoms with van der Waals surface area (Å²) in [5.41, 5.74) is 0. The van der Waals surface area contributed by atoms with Crippen molar-refractivity contribution in [1.82, 2.24) is 0 Å². The van der Waals surface area contributed by atoms with Crippen LogP contribution in [0.2, 0.25) is 0 Å². The SMILES string of the molecule is CC1C(=O)C2C=CC1C1CC=CC21. The fourth-order valence-corrected chi connectivity index (χ4v) is 3.33. The number of rotatable bonds is 0. The molecule has 0 N–H and O–H groups in total. The molecule has 0 heterocycles. The molecular formula is C12H14O. The smallest absolute Gasteiger partial charge is 0.143 e. The highest BCUT2D eigenvalue weighted by Crippen LogP contribution is 2.50. The van der Waals surface area contributed by atoms with Gasteiger partial charge in [0.15, 0.2) is 0 Å². The zero-order valence-corrected chi connectivity index (χ0v) is 7.81. The molecule has 1 saturated carbocycles. The molecular weight excluding hydrogens is 160 g/mol. The third kappa shape index (κ3) is 0.800. The van der Waals surface area contributed by atoms with Crippen LogP contribution in [0.5, 0.6) is 0 Å². The Morgan fingerprint density at radius 2 is 2.08 bits per heavy atom. The van der Waals surface area contributed by atoms with Crippen molar-refractivity contribution in [3.05, 3.63) is 24.3 Å². The zero-order chi connectivity index (χ0) is 9.00. The molecule has 0 radical (unpaired) electrons. The first-order valence-electron chi connectivity index (χ1n) is 5.18. The van der Waals surface area contributed by atoms with Gasteiger partial charge in [-0.2, -0.15) is 0 Å². The molecule has 5 atom stereocenters. The van der Waals surface area contributed by atoms with Gasteiger partial charge in [0.05, 0.1) is 0 Å². The molecule has 4 aliphatic rings. The number of ketones is 1. The van der Waals surface area contributed by atoms with E-state index in [2.05, 4.69) is 31.2 Å². The molecule has 1 fully saturated rings. The molecule has 0 aromatic heterocycles. The summed E-state index contributed by atoms with van der Waals surface area (Å²) in [6, 6.07) is 0. The van der Waals surface area contributed by atoms with Crippen LogP contribution in [0.25, 0.3) is 0 Å². The van der Waals surface area contributed by atoms with Gasteiger partial charge in [0.2, 0.25) is 0 Å². The second-order valence-electron chi connectivity index (χ2n) is 4.58. The van der Waals surface area contributed by atoms with Gasteiger partial charge in [0, 0.05) is 11.8 Å². The van der Waals surface area contributed by atoms with Crippen LogP contribution in [0.4, 0.5) is 0 Å². The Morgan fingerprint density at radius 1 is 1.23 bits per heavy atom. The van der Waals surface area contributed by atoms with Gasteiger partial charge in [-0.1, -0.05) is 31.2 Å². The van der Waals surface area contributed by atoms with Gasteiger partial charge in [0.1, 0.15) is 5.78 Å². The molecule has 4 rings (SSSR count). The van der Waals surface area contributed by atoms with Crippen LogP contribution >= 0.6 is 0 Å². The van der Waals surface area contributed by atoms with Crippen molar-refractivity contribution in [3.8, 4) is 0 Å². The third-order valence-corrected chi connectivity index (χ3v) is 4.07. The first kappa shape index (κ1) is 7.54. The number of hydrogen-bond donors (Lipinski definition) is 0. The molecule has 0 amide bonds. The zero-order valence-electron chi connectivity index (χ0n) is 7.81.